The quantitative estimate of drug-likeness (QED) is 0.283. The highest BCUT2D eigenvalue weighted by molar-refractivity contribution is 5.94. The van der Waals surface area contributed by atoms with Crippen LogP contribution in [0.1, 0.15) is 44.9 Å². The molecule has 0 saturated carbocycles. The van der Waals surface area contributed by atoms with E-state index in [4.69, 9.17) is 0 Å². The van der Waals surface area contributed by atoms with Gasteiger partial charge in [-0.1, -0.05) is 25.1 Å². The zero-order chi connectivity index (χ0) is 25.4. The highest BCUT2D eigenvalue weighted by atomic mass is 19.1. The largest absolute Gasteiger partial charge is 0.508 e. The molecule has 0 fully saturated rings. The van der Waals surface area contributed by atoms with Crippen LogP contribution in [-0.4, -0.2) is 60.5 Å². The normalized spacial score (nSPS) is 15.0. The fourth-order valence-electron chi connectivity index (χ4n) is 4.77. The molecule has 0 unspecified atom stereocenters. The van der Waals surface area contributed by atoms with Gasteiger partial charge in [0.25, 0.3) is 0 Å². The average Bonchev–Trinajstić information content (AvgIpc) is 3.51. The van der Waals surface area contributed by atoms with Gasteiger partial charge in [-0.2, -0.15) is 5.10 Å². The number of H-pyrrole nitrogens is 2. The third-order valence-electron chi connectivity index (χ3n) is 6.92. The minimum atomic E-state index is -0.655. The lowest BCUT2D eigenvalue weighted by molar-refractivity contribution is 0.0590. The van der Waals surface area contributed by atoms with Gasteiger partial charge in [0.05, 0.1) is 17.5 Å². The summed E-state index contributed by atoms with van der Waals surface area (Å²) in [4.78, 5) is 10.3. The van der Waals surface area contributed by atoms with Crippen LogP contribution in [-0.2, 0) is 6.42 Å². The number of phenols is 1. The third-order valence-corrected chi connectivity index (χ3v) is 6.92. The molecule has 2 aromatic heterocycles. The Balaban J connectivity index is 1.39. The second-order valence-electron chi connectivity index (χ2n) is 10.1. The molecular formula is C28H32FN5O2. The van der Waals surface area contributed by atoms with Crippen molar-refractivity contribution in [2.75, 3.05) is 19.6 Å². The highest BCUT2D eigenvalue weighted by Crippen LogP contribution is 2.35. The molecule has 0 aliphatic carbocycles. The predicted molar refractivity (Wildman–Crippen MR) is 140 cm³/mol. The van der Waals surface area contributed by atoms with Crippen molar-refractivity contribution in [1.82, 2.24) is 25.1 Å². The van der Waals surface area contributed by atoms with Crippen LogP contribution in [0.2, 0.25) is 0 Å². The first kappa shape index (κ1) is 24.2. The number of phenolic OH excluding ortho intramolecular Hbond substituents is 1. The van der Waals surface area contributed by atoms with Gasteiger partial charge < -0.3 is 15.2 Å². The summed E-state index contributed by atoms with van der Waals surface area (Å²) < 4.78 is 15.6. The molecule has 4 aromatic rings. The van der Waals surface area contributed by atoms with Crippen molar-refractivity contribution in [2.45, 2.75) is 45.6 Å². The maximum Gasteiger partial charge on any atom is 0.159 e. The van der Waals surface area contributed by atoms with E-state index < -0.39 is 11.4 Å². The molecule has 4 N–H and O–H groups in total. The summed E-state index contributed by atoms with van der Waals surface area (Å²) in [5.74, 6) is 0.384. The van der Waals surface area contributed by atoms with Crippen LogP contribution < -0.4 is 0 Å². The molecule has 0 saturated heterocycles. The molecule has 0 radical (unpaired) electrons. The van der Waals surface area contributed by atoms with Crippen LogP contribution in [0.25, 0.3) is 39.1 Å². The third kappa shape index (κ3) is 4.79. The van der Waals surface area contributed by atoms with Crippen molar-refractivity contribution in [3.63, 3.8) is 0 Å². The molecule has 0 atom stereocenters. The number of aromatic amines is 2. The number of nitrogens with one attached hydrogen (secondary N) is 2. The Kier molecular flexibility index (Phi) is 6.40. The summed E-state index contributed by atoms with van der Waals surface area (Å²) in [6.45, 7) is 8.27. The number of aliphatic hydroxyl groups is 1. The lowest BCUT2D eigenvalue weighted by Gasteiger charge is -2.28. The van der Waals surface area contributed by atoms with Crippen LogP contribution >= 0.6 is 0 Å². The zero-order valence-corrected chi connectivity index (χ0v) is 20.9. The fourth-order valence-corrected chi connectivity index (χ4v) is 4.77. The van der Waals surface area contributed by atoms with Crippen LogP contribution in [0.4, 0.5) is 4.39 Å². The molecule has 1 aliphatic heterocycles. The smallest absolute Gasteiger partial charge is 0.159 e. The Morgan fingerprint density at radius 1 is 1.17 bits per heavy atom. The van der Waals surface area contributed by atoms with E-state index in [-0.39, 0.29) is 11.3 Å². The second kappa shape index (κ2) is 9.52. The number of imidazole rings is 1. The predicted octanol–water partition coefficient (Wildman–Crippen LogP) is 5.28. The molecule has 2 aromatic carbocycles. The summed E-state index contributed by atoms with van der Waals surface area (Å²) in [5.41, 5.74) is 4.48. The molecule has 8 heteroatoms. The first-order valence-corrected chi connectivity index (χ1v) is 12.4. The average molecular weight is 490 g/mol. The summed E-state index contributed by atoms with van der Waals surface area (Å²) in [5, 5.41) is 27.7. The van der Waals surface area contributed by atoms with Crippen molar-refractivity contribution < 1.29 is 14.6 Å². The van der Waals surface area contributed by atoms with Gasteiger partial charge in [0.15, 0.2) is 11.6 Å². The summed E-state index contributed by atoms with van der Waals surface area (Å²) in [6.07, 6.45) is 6.32. The number of hydrogen-bond donors (Lipinski definition) is 4. The first-order chi connectivity index (χ1) is 17.2. The highest BCUT2D eigenvalue weighted by Gasteiger charge is 2.21. The number of aryl methyl sites for hydroxylation is 1. The van der Waals surface area contributed by atoms with Crippen molar-refractivity contribution in [3.05, 3.63) is 59.7 Å². The second-order valence-corrected chi connectivity index (χ2v) is 10.1. The van der Waals surface area contributed by atoms with Gasteiger partial charge in [-0.25, -0.2) is 9.37 Å². The molecule has 0 bridgehead atoms. The van der Waals surface area contributed by atoms with Crippen LogP contribution in [0.3, 0.4) is 0 Å². The van der Waals surface area contributed by atoms with Crippen LogP contribution in [0, 0.1) is 5.82 Å². The zero-order valence-electron chi connectivity index (χ0n) is 20.9. The SMILES string of the molecule is CCc1cc(O)ccc1-c1ccc2c(-c3ncc(C4=CCN(CCC(C)(C)O)CC4)[nH]3)[nH]nc2c1F. The van der Waals surface area contributed by atoms with E-state index in [0.29, 0.717) is 28.9 Å². The minimum absolute atomic E-state index is 0.169. The summed E-state index contributed by atoms with van der Waals surface area (Å²) in [7, 11) is 0. The Labute approximate surface area is 209 Å². The lowest BCUT2D eigenvalue weighted by Crippen LogP contribution is -2.33. The molecule has 3 heterocycles. The fraction of sp³-hybridized carbons (Fsp3) is 0.357. The van der Waals surface area contributed by atoms with Gasteiger partial charge in [0, 0.05) is 30.6 Å². The number of aromatic nitrogens is 4. The number of benzene rings is 2. The number of nitrogens with zero attached hydrogens (tertiary/aromatic N) is 3. The Hall–Kier alpha value is -3.49. The molecule has 0 spiro atoms. The number of hydrogen-bond acceptors (Lipinski definition) is 5. The maximum atomic E-state index is 15.6. The molecule has 5 rings (SSSR count). The van der Waals surface area contributed by atoms with E-state index in [2.05, 4.69) is 31.1 Å². The maximum absolute atomic E-state index is 15.6. The van der Waals surface area contributed by atoms with Gasteiger partial charge >= 0.3 is 0 Å². The van der Waals surface area contributed by atoms with E-state index in [1.165, 1.54) is 5.57 Å². The molecule has 7 nitrogen and oxygen atoms in total. The van der Waals surface area contributed by atoms with Gasteiger partial charge in [0.2, 0.25) is 0 Å². The van der Waals surface area contributed by atoms with E-state index in [9.17, 15) is 10.2 Å². The topological polar surface area (TPSA) is 101 Å². The standard InChI is InChI=1S/C28H32FN5O2/c1-4-17-15-19(35)5-6-20(17)21-7-8-22-25(24(21)29)32-33-26(22)27-30-16-23(31-27)18-9-12-34(13-10-18)14-11-28(2,3)36/h5-9,15-16,35-36H,4,10-14H2,1-3H3,(H,30,31)(H,32,33). The summed E-state index contributed by atoms with van der Waals surface area (Å²) >= 11 is 0. The number of aromatic hydroxyl groups is 1. The van der Waals surface area contributed by atoms with E-state index >= 15 is 4.39 Å². The van der Waals surface area contributed by atoms with Crippen LogP contribution in [0.15, 0.2) is 42.6 Å². The molecule has 188 valence electrons. The number of fused-ring (bicyclic) bond motifs is 1. The molecule has 36 heavy (non-hydrogen) atoms. The van der Waals surface area contributed by atoms with E-state index in [0.717, 1.165) is 49.3 Å². The Morgan fingerprint density at radius 2 is 1.97 bits per heavy atom. The monoisotopic (exact) mass is 489 g/mol. The van der Waals surface area contributed by atoms with Gasteiger partial charge in [0.1, 0.15) is 17.0 Å². The van der Waals surface area contributed by atoms with Gasteiger partial charge in [-0.3, -0.25) is 10.00 Å². The molecule has 0 amide bonds. The lowest BCUT2D eigenvalue weighted by atomic mass is 9.96. The number of rotatable bonds is 7. The van der Waals surface area contributed by atoms with E-state index in [1.54, 1.807) is 24.3 Å². The van der Waals surface area contributed by atoms with Gasteiger partial charge in [-0.05, 0) is 68.0 Å². The van der Waals surface area contributed by atoms with Gasteiger partial charge in [-0.15, -0.1) is 0 Å². The Morgan fingerprint density at radius 3 is 2.69 bits per heavy atom. The molecular weight excluding hydrogens is 457 g/mol. The van der Waals surface area contributed by atoms with Crippen molar-refractivity contribution in [2.24, 2.45) is 0 Å². The van der Waals surface area contributed by atoms with Crippen LogP contribution in [0.5, 0.6) is 5.75 Å². The molecule has 1 aliphatic rings. The number of halogens is 1. The van der Waals surface area contributed by atoms with Crippen molar-refractivity contribution in [1.29, 1.82) is 0 Å². The minimum Gasteiger partial charge on any atom is -0.508 e. The van der Waals surface area contributed by atoms with E-state index in [1.807, 2.05) is 33.0 Å². The van der Waals surface area contributed by atoms with Crippen molar-refractivity contribution >= 4 is 16.5 Å². The Bertz CT molecular complexity index is 1430. The first-order valence-electron chi connectivity index (χ1n) is 12.4. The van der Waals surface area contributed by atoms with Crippen molar-refractivity contribution in [3.8, 4) is 28.4 Å². The summed E-state index contributed by atoms with van der Waals surface area (Å²) in [6, 6.07) is 8.62.